The van der Waals surface area contributed by atoms with E-state index in [2.05, 4.69) is 127 Å². The van der Waals surface area contributed by atoms with Crippen LogP contribution in [0.2, 0.25) is 0 Å². The summed E-state index contributed by atoms with van der Waals surface area (Å²) in [4.78, 5) is 15.4. The van der Waals surface area contributed by atoms with E-state index in [9.17, 15) is 0 Å². The smallest absolute Gasteiger partial charge is 0.164 e. The molecule has 2 aromatic heterocycles. The monoisotopic (exact) mass is 651 g/mol. The molecule has 0 spiro atoms. The van der Waals surface area contributed by atoms with Gasteiger partial charge in [0.1, 0.15) is 11.2 Å². The second kappa shape index (κ2) is 11.9. The molecule has 0 amide bonds. The van der Waals surface area contributed by atoms with Gasteiger partial charge in [0.15, 0.2) is 17.5 Å². The zero-order valence-electron chi connectivity index (χ0n) is 27.5. The van der Waals surface area contributed by atoms with Crippen molar-refractivity contribution >= 4 is 43.5 Å². The van der Waals surface area contributed by atoms with Crippen molar-refractivity contribution in [2.45, 2.75) is 0 Å². The molecule has 0 radical (unpaired) electrons. The molecule has 0 N–H and O–H groups in total. The van der Waals surface area contributed by atoms with Gasteiger partial charge in [-0.3, -0.25) is 0 Å². The molecule has 8 aromatic carbocycles. The zero-order chi connectivity index (χ0) is 33.7. The van der Waals surface area contributed by atoms with E-state index in [1.807, 2.05) is 48.5 Å². The molecular weight excluding hydrogens is 623 g/mol. The number of para-hydroxylation sites is 1. The average molecular weight is 652 g/mol. The quantitative estimate of drug-likeness (QED) is 0.186. The summed E-state index contributed by atoms with van der Waals surface area (Å²) in [5, 5.41) is 6.57. The van der Waals surface area contributed by atoms with Crippen LogP contribution in [0.1, 0.15) is 0 Å². The Hall–Kier alpha value is -6.91. The van der Waals surface area contributed by atoms with Gasteiger partial charge in [0.25, 0.3) is 0 Å². The third-order valence-corrected chi connectivity index (χ3v) is 9.72. The topological polar surface area (TPSA) is 51.8 Å². The van der Waals surface area contributed by atoms with Crippen LogP contribution in [0.4, 0.5) is 0 Å². The van der Waals surface area contributed by atoms with E-state index in [4.69, 9.17) is 19.4 Å². The minimum absolute atomic E-state index is 0.613. The van der Waals surface area contributed by atoms with Crippen molar-refractivity contribution in [1.82, 2.24) is 15.0 Å². The summed E-state index contributed by atoms with van der Waals surface area (Å²) < 4.78 is 6.55. The normalized spacial score (nSPS) is 11.5. The van der Waals surface area contributed by atoms with E-state index in [1.165, 1.54) is 16.3 Å². The lowest BCUT2D eigenvalue weighted by Gasteiger charge is -2.12. The van der Waals surface area contributed by atoms with E-state index < -0.39 is 0 Å². The van der Waals surface area contributed by atoms with Crippen LogP contribution in [-0.2, 0) is 0 Å². The van der Waals surface area contributed by atoms with E-state index >= 15 is 0 Å². The average Bonchev–Trinajstić information content (AvgIpc) is 3.60. The van der Waals surface area contributed by atoms with E-state index in [0.717, 1.165) is 66.1 Å². The molecule has 0 atom stereocenters. The molecule has 4 nitrogen and oxygen atoms in total. The van der Waals surface area contributed by atoms with Crippen molar-refractivity contribution in [3.63, 3.8) is 0 Å². The zero-order valence-corrected chi connectivity index (χ0v) is 27.5. The molecule has 0 fully saturated rings. The van der Waals surface area contributed by atoms with Crippen molar-refractivity contribution in [2.75, 3.05) is 0 Å². The van der Waals surface area contributed by atoms with E-state index in [0.29, 0.717) is 17.5 Å². The van der Waals surface area contributed by atoms with Gasteiger partial charge in [0, 0.05) is 32.8 Å². The van der Waals surface area contributed by atoms with Gasteiger partial charge >= 0.3 is 0 Å². The lowest BCUT2D eigenvalue weighted by Crippen LogP contribution is -2.00. The van der Waals surface area contributed by atoms with Crippen molar-refractivity contribution in [2.24, 2.45) is 0 Å². The van der Waals surface area contributed by atoms with Gasteiger partial charge in [-0.05, 0) is 62.7 Å². The minimum atomic E-state index is 0.613. The Morgan fingerprint density at radius 3 is 1.63 bits per heavy atom. The molecule has 2 heterocycles. The highest BCUT2D eigenvalue weighted by atomic mass is 16.3. The van der Waals surface area contributed by atoms with Crippen molar-refractivity contribution in [3.8, 4) is 56.4 Å². The number of rotatable bonds is 5. The number of hydrogen-bond donors (Lipinski definition) is 0. The number of furan rings is 1. The summed E-state index contributed by atoms with van der Waals surface area (Å²) in [7, 11) is 0. The maximum atomic E-state index is 6.55. The summed E-state index contributed by atoms with van der Waals surface area (Å²) in [5.41, 5.74) is 9.07. The Morgan fingerprint density at radius 2 is 0.843 bits per heavy atom. The second-order valence-electron chi connectivity index (χ2n) is 12.8. The predicted octanol–water partition coefficient (Wildman–Crippen LogP) is 12.4. The number of aromatic nitrogens is 3. The van der Waals surface area contributed by atoms with Crippen molar-refractivity contribution < 1.29 is 4.42 Å². The first-order valence-electron chi connectivity index (χ1n) is 17.1. The summed E-state index contributed by atoms with van der Waals surface area (Å²) in [6.07, 6.45) is 0. The van der Waals surface area contributed by atoms with Crippen LogP contribution in [-0.4, -0.2) is 15.0 Å². The molecule has 10 rings (SSSR count). The first-order valence-corrected chi connectivity index (χ1v) is 17.1. The molecule has 0 aliphatic rings. The van der Waals surface area contributed by atoms with Gasteiger partial charge in [-0.1, -0.05) is 152 Å². The van der Waals surface area contributed by atoms with Gasteiger partial charge < -0.3 is 4.42 Å². The third kappa shape index (κ3) is 5.13. The molecule has 0 aliphatic carbocycles. The molecule has 0 aliphatic heterocycles. The van der Waals surface area contributed by atoms with Crippen LogP contribution in [0.15, 0.2) is 180 Å². The van der Waals surface area contributed by atoms with Gasteiger partial charge in [0.05, 0.1) is 0 Å². The highest BCUT2D eigenvalue weighted by Gasteiger charge is 2.19. The highest BCUT2D eigenvalue weighted by molar-refractivity contribution is 6.19. The van der Waals surface area contributed by atoms with Crippen LogP contribution >= 0.6 is 0 Å². The van der Waals surface area contributed by atoms with Crippen LogP contribution in [0.25, 0.3) is 99.9 Å². The first-order chi connectivity index (χ1) is 25.2. The molecule has 0 unspecified atom stereocenters. The third-order valence-electron chi connectivity index (χ3n) is 9.72. The Labute approximate surface area is 294 Å². The molecular formula is C47H29N3O. The lowest BCUT2D eigenvalue weighted by molar-refractivity contribution is 0.672. The maximum absolute atomic E-state index is 6.55. The standard InChI is InChI=1S/C47H29N3O/c1-3-11-30(12-4-1)37-25-26-38-40(28-37)44-41(39-17-9-10-18-43(39)51-44)29-42(38)47-49-45(33-14-5-2-6-15-33)48-46(50-47)34-22-19-32(20-23-34)36-24-21-31-13-7-8-16-35(31)27-36/h1-29H. The Morgan fingerprint density at radius 1 is 0.314 bits per heavy atom. The second-order valence-corrected chi connectivity index (χ2v) is 12.8. The van der Waals surface area contributed by atoms with Crippen LogP contribution in [0.3, 0.4) is 0 Å². The SMILES string of the molecule is c1ccc(-c2ccc3c(-c4nc(-c5ccccc5)nc(-c5ccc(-c6ccc7ccccc7c6)cc5)n4)cc4c5ccccc5oc4c3c2)cc1. The fraction of sp³-hybridized carbons (Fsp3) is 0. The molecule has 238 valence electrons. The van der Waals surface area contributed by atoms with Crippen LogP contribution < -0.4 is 0 Å². The minimum Gasteiger partial charge on any atom is -0.455 e. The van der Waals surface area contributed by atoms with Crippen molar-refractivity contribution in [1.29, 1.82) is 0 Å². The van der Waals surface area contributed by atoms with Crippen molar-refractivity contribution in [3.05, 3.63) is 176 Å². The molecule has 10 aromatic rings. The Kier molecular flexibility index (Phi) is 6.78. The highest BCUT2D eigenvalue weighted by Crippen LogP contribution is 2.41. The summed E-state index contributed by atoms with van der Waals surface area (Å²) >= 11 is 0. The fourth-order valence-electron chi connectivity index (χ4n) is 7.12. The Balaban J connectivity index is 1.17. The predicted molar refractivity (Wildman–Crippen MR) is 209 cm³/mol. The molecule has 0 saturated heterocycles. The maximum Gasteiger partial charge on any atom is 0.164 e. The van der Waals surface area contributed by atoms with E-state index in [-0.39, 0.29) is 0 Å². The number of fused-ring (bicyclic) bond motifs is 6. The Bertz CT molecular complexity index is 2900. The van der Waals surface area contributed by atoms with Gasteiger partial charge in [-0.15, -0.1) is 0 Å². The van der Waals surface area contributed by atoms with Crippen LogP contribution in [0, 0.1) is 0 Å². The van der Waals surface area contributed by atoms with Gasteiger partial charge in [0.2, 0.25) is 0 Å². The molecule has 0 bridgehead atoms. The first kappa shape index (κ1) is 29.0. The van der Waals surface area contributed by atoms with Gasteiger partial charge in [-0.25, -0.2) is 15.0 Å². The largest absolute Gasteiger partial charge is 0.455 e. The summed E-state index contributed by atoms with van der Waals surface area (Å²) in [6.45, 7) is 0. The fourth-order valence-corrected chi connectivity index (χ4v) is 7.12. The number of benzene rings is 8. The molecule has 51 heavy (non-hydrogen) atoms. The number of nitrogens with zero attached hydrogens (tertiary/aromatic N) is 3. The van der Waals surface area contributed by atoms with E-state index in [1.54, 1.807) is 0 Å². The lowest BCUT2D eigenvalue weighted by atomic mass is 9.95. The number of hydrogen-bond acceptors (Lipinski definition) is 4. The van der Waals surface area contributed by atoms with Gasteiger partial charge in [-0.2, -0.15) is 0 Å². The summed E-state index contributed by atoms with van der Waals surface area (Å²) in [5.74, 6) is 1.86. The summed E-state index contributed by atoms with van der Waals surface area (Å²) in [6, 6.07) is 61.1. The van der Waals surface area contributed by atoms with Crippen LogP contribution in [0.5, 0.6) is 0 Å². The molecule has 0 saturated carbocycles. The molecule has 4 heteroatoms.